The van der Waals surface area contributed by atoms with E-state index in [0.717, 1.165) is 12.1 Å². The van der Waals surface area contributed by atoms with Crippen LogP contribution in [0.5, 0.6) is 0 Å². The predicted octanol–water partition coefficient (Wildman–Crippen LogP) is 7.04. The van der Waals surface area contributed by atoms with Gasteiger partial charge in [-0.15, -0.1) is 0 Å². The number of anilines is 2. The molecule has 162 valence electrons. The van der Waals surface area contributed by atoms with Gasteiger partial charge >= 0.3 is 6.18 Å². The van der Waals surface area contributed by atoms with Gasteiger partial charge in [-0.1, -0.05) is 46.9 Å². The number of aryl methyl sites for hydroxylation is 1. The van der Waals surface area contributed by atoms with Crippen molar-refractivity contribution in [2.45, 2.75) is 19.6 Å². The fourth-order valence-electron chi connectivity index (χ4n) is 2.69. The summed E-state index contributed by atoms with van der Waals surface area (Å²) in [5.74, 6) is -0.880. The SMILES string of the molecule is Cc1ccc(Cl)cc1Nc1nc(C(F)(F)F)ccc1C(=O)NCc1ccc(Cl)cc1Cl. The lowest BCUT2D eigenvalue weighted by Gasteiger charge is -2.16. The summed E-state index contributed by atoms with van der Waals surface area (Å²) in [5, 5.41) is 6.60. The predicted molar refractivity (Wildman–Crippen MR) is 116 cm³/mol. The number of hydrogen-bond donors (Lipinski definition) is 2. The van der Waals surface area contributed by atoms with E-state index >= 15 is 0 Å². The van der Waals surface area contributed by atoms with Gasteiger partial charge in [-0.3, -0.25) is 4.79 Å². The van der Waals surface area contributed by atoms with Crippen molar-refractivity contribution in [2.24, 2.45) is 0 Å². The standard InChI is InChI=1S/C21H15Cl3F3N3O/c1-11-2-4-14(23)9-17(11)29-19-15(6-7-18(30-19)21(25,26)27)20(31)28-10-12-3-5-13(22)8-16(12)24/h2-9H,10H2,1H3,(H,28,31)(H,29,30). The minimum atomic E-state index is -4.67. The molecule has 0 radical (unpaired) electrons. The summed E-state index contributed by atoms with van der Waals surface area (Å²) in [6.45, 7) is 1.79. The smallest absolute Gasteiger partial charge is 0.348 e. The quantitative estimate of drug-likeness (QED) is 0.405. The van der Waals surface area contributed by atoms with E-state index in [1.807, 2.05) is 0 Å². The molecule has 0 spiro atoms. The molecule has 0 saturated heterocycles. The summed E-state index contributed by atoms with van der Waals surface area (Å²) in [6, 6.07) is 11.5. The molecule has 1 aromatic heterocycles. The molecule has 0 bridgehead atoms. The maximum Gasteiger partial charge on any atom is 0.433 e. The van der Waals surface area contributed by atoms with Crippen LogP contribution in [0.3, 0.4) is 0 Å². The Kier molecular flexibility index (Phi) is 6.99. The van der Waals surface area contributed by atoms with Gasteiger partial charge in [-0.2, -0.15) is 13.2 Å². The molecule has 0 saturated carbocycles. The monoisotopic (exact) mass is 487 g/mol. The van der Waals surface area contributed by atoms with Gasteiger partial charge in [0.2, 0.25) is 0 Å². The number of hydrogen-bond acceptors (Lipinski definition) is 3. The largest absolute Gasteiger partial charge is 0.433 e. The van der Waals surface area contributed by atoms with Gasteiger partial charge in [0.1, 0.15) is 11.5 Å². The molecule has 0 aliphatic carbocycles. The van der Waals surface area contributed by atoms with Gasteiger partial charge in [-0.25, -0.2) is 4.98 Å². The zero-order chi connectivity index (χ0) is 22.8. The van der Waals surface area contributed by atoms with E-state index in [9.17, 15) is 18.0 Å². The highest BCUT2D eigenvalue weighted by atomic mass is 35.5. The van der Waals surface area contributed by atoms with Crippen molar-refractivity contribution >= 4 is 52.2 Å². The number of aromatic nitrogens is 1. The van der Waals surface area contributed by atoms with Crippen LogP contribution in [0.25, 0.3) is 0 Å². The van der Waals surface area contributed by atoms with Crippen LogP contribution in [-0.2, 0) is 12.7 Å². The topological polar surface area (TPSA) is 54.0 Å². The van der Waals surface area contributed by atoms with Gasteiger partial charge in [0.25, 0.3) is 5.91 Å². The van der Waals surface area contributed by atoms with Crippen LogP contribution < -0.4 is 10.6 Å². The Morgan fingerprint density at radius 2 is 1.68 bits per heavy atom. The number of nitrogens with zero attached hydrogens (tertiary/aromatic N) is 1. The van der Waals surface area contributed by atoms with Crippen molar-refractivity contribution < 1.29 is 18.0 Å². The van der Waals surface area contributed by atoms with Crippen LogP contribution in [0.2, 0.25) is 15.1 Å². The second-order valence-corrected chi connectivity index (χ2v) is 7.87. The number of alkyl halides is 3. The van der Waals surface area contributed by atoms with Crippen molar-refractivity contribution in [1.82, 2.24) is 10.3 Å². The van der Waals surface area contributed by atoms with Gasteiger partial charge < -0.3 is 10.6 Å². The Labute approximate surface area is 191 Å². The molecule has 0 unspecified atom stereocenters. The number of nitrogens with one attached hydrogen (secondary N) is 2. The first kappa shape index (κ1) is 23.2. The van der Waals surface area contributed by atoms with Crippen molar-refractivity contribution in [3.05, 3.63) is 86.0 Å². The van der Waals surface area contributed by atoms with Crippen molar-refractivity contribution in [1.29, 1.82) is 0 Å². The first-order chi connectivity index (χ1) is 14.5. The fourth-order valence-corrected chi connectivity index (χ4v) is 3.34. The van der Waals surface area contributed by atoms with Crippen molar-refractivity contribution in [3.63, 3.8) is 0 Å². The molecule has 4 nitrogen and oxygen atoms in total. The zero-order valence-electron chi connectivity index (χ0n) is 15.9. The average molecular weight is 489 g/mol. The lowest BCUT2D eigenvalue weighted by Crippen LogP contribution is -2.25. The second-order valence-electron chi connectivity index (χ2n) is 6.59. The molecule has 0 aliphatic rings. The van der Waals surface area contributed by atoms with Crippen LogP contribution in [0, 0.1) is 6.92 Å². The molecular formula is C21H15Cl3F3N3O. The lowest BCUT2D eigenvalue weighted by atomic mass is 10.1. The second kappa shape index (κ2) is 9.34. The van der Waals surface area contributed by atoms with E-state index in [1.165, 1.54) is 12.1 Å². The molecule has 0 atom stereocenters. The Bertz CT molecular complexity index is 1140. The number of halogens is 6. The fraction of sp³-hybridized carbons (Fsp3) is 0.143. The van der Waals surface area contributed by atoms with E-state index in [1.54, 1.807) is 31.2 Å². The average Bonchev–Trinajstić information content (AvgIpc) is 2.69. The highest BCUT2D eigenvalue weighted by Crippen LogP contribution is 2.31. The lowest BCUT2D eigenvalue weighted by molar-refractivity contribution is -0.141. The minimum Gasteiger partial charge on any atom is -0.348 e. The van der Waals surface area contributed by atoms with E-state index < -0.39 is 17.8 Å². The molecule has 3 rings (SSSR count). The molecule has 31 heavy (non-hydrogen) atoms. The first-order valence-electron chi connectivity index (χ1n) is 8.88. The summed E-state index contributed by atoms with van der Waals surface area (Å²) in [4.78, 5) is 16.4. The van der Waals surface area contributed by atoms with Crippen LogP contribution in [0.15, 0.2) is 48.5 Å². The minimum absolute atomic E-state index is 0.0471. The summed E-state index contributed by atoms with van der Waals surface area (Å²) < 4.78 is 39.6. The highest BCUT2D eigenvalue weighted by Gasteiger charge is 2.33. The van der Waals surface area contributed by atoms with Crippen LogP contribution in [0.4, 0.5) is 24.7 Å². The van der Waals surface area contributed by atoms with Crippen LogP contribution in [0.1, 0.15) is 27.2 Å². The Hall–Kier alpha value is -2.48. The third-order valence-corrected chi connectivity index (χ3v) is 5.16. The third-order valence-electron chi connectivity index (χ3n) is 4.34. The van der Waals surface area contributed by atoms with Crippen LogP contribution in [-0.4, -0.2) is 10.9 Å². The Balaban J connectivity index is 1.92. The molecule has 1 amide bonds. The Morgan fingerprint density at radius 1 is 1.00 bits per heavy atom. The molecule has 1 heterocycles. The summed E-state index contributed by atoms with van der Waals surface area (Å²) >= 11 is 18.0. The van der Waals surface area contributed by atoms with E-state index in [-0.39, 0.29) is 17.9 Å². The molecule has 10 heteroatoms. The van der Waals surface area contributed by atoms with Crippen LogP contribution >= 0.6 is 34.8 Å². The number of rotatable bonds is 5. The van der Waals surface area contributed by atoms with Gasteiger partial charge in [-0.05, 0) is 54.4 Å². The molecule has 0 fully saturated rings. The molecule has 2 N–H and O–H groups in total. The Morgan fingerprint density at radius 3 is 2.35 bits per heavy atom. The summed E-state index contributed by atoms with van der Waals surface area (Å²) in [5.41, 5.74) is 0.529. The summed E-state index contributed by atoms with van der Waals surface area (Å²) in [7, 11) is 0. The first-order valence-corrected chi connectivity index (χ1v) is 10.0. The van der Waals surface area contributed by atoms with Gasteiger partial charge in [0, 0.05) is 27.3 Å². The maximum absolute atomic E-state index is 13.2. The zero-order valence-corrected chi connectivity index (χ0v) is 18.2. The molecule has 0 aliphatic heterocycles. The van der Waals surface area contributed by atoms with E-state index in [0.29, 0.717) is 31.9 Å². The van der Waals surface area contributed by atoms with E-state index in [2.05, 4.69) is 15.6 Å². The van der Waals surface area contributed by atoms with Crippen molar-refractivity contribution in [2.75, 3.05) is 5.32 Å². The molecular weight excluding hydrogens is 474 g/mol. The normalized spacial score (nSPS) is 11.3. The van der Waals surface area contributed by atoms with Crippen molar-refractivity contribution in [3.8, 4) is 0 Å². The molecule has 2 aromatic carbocycles. The number of amides is 1. The summed E-state index contributed by atoms with van der Waals surface area (Å²) in [6.07, 6.45) is -4.67. The van der Waals surface area contributed by atoms with Gasteiger partial charge in [0.05, 0.1) is 5.56 Å². The number of benzene rings is 2. The van der Waals surface area contributed by atoms with Gasteiger partial charge in [0.15, 0.2) is 0 Å². The highest BCUT2D eigenvalue weighted by molar-refractivity contribution is 6.35. The number of carbonyl (C=O) groups excluding carboxylic acids is 1. The molecule has 3 aromatic rings. The maximum atomic E-state index is 13.2. The number of carbonyl (C=O) groups is 1. The third kappa shape index (κ3) is 5.81. The number of pyridine rings is 1. The van der Waals surface area contributed by atoms with E-state index in [4.69, 9.17) is 34.8 Å².